The van der Waals surface area contributed by atoms with Gasteiger partial charge in [0.25, 0.3) is 0 Å². The van der Waals surface area contributed by atoms with E-state index in [1.807, 2.05) is 11.0 Å². The Morgan fingerprint density at radius 3 is 2.56 bits per heavy atom. The lowest BCUT2D eigenvalue weighted by atomic mass is 9.77. The zero-order chi connectivity index (χ0) is 17.2. The summed E-state index contributed by atoms with van der Waals surface area (Å²) >= 11 is 0. The Bertz CT molecular complexity index is 633. The van der Waals surface area contributed by atoms with Crippen LogP contribution in [0.1, 0.15) is 68.7 Å². The number of furan rings is 1. The molecule has 3 atom stereocenters. The van der Waals surface area contributed by atoms with Gasteiger partial charge in [0, 0.05) is 36.9 Å². The maximum absolute atomic E-state index is 13.0. The van der Waals surface area contributed by atoms with Crippen LogP contribution in [0.15, 0.2) is 16.7 Å². The van der Waals surface area contributed by atoms with E-state index in [2.05, 4.69) is 5.32 Å². The van der Waals surface area contributed by atoms with E-state index >= 15 is 0 Å². The number of fused-ring (bicyclic) bond motifs is 1. The number of likely N-dealkylation sites (tertiary alicyclic amines) is 1. The van der Waals surface area contributed by atoms with Gasteiger partial charge in [-0.3, -0.25) is 9.59 Å². The van der Waals surface area contributed by atoms with Gasteiger partial charge in [-0.05, 0) is 44.6 Å². The number of nitrogens with one attached hydrogen (secondary N) is 1. The van der Waals surface area contributed by atoms with Crippen molar-refractivity contribution in [2.24, 2.45) is 11.8 Å². The van der Waals surface area contributed by atoms with Crippen LogP contribution in [-0.4, -0.2) is 29.8 Å². The van der Waals surface area contributed by atoms with Crippen LogP contribution < -0.4 is 5.32 Å². The van der Waals surface area contributed by atoms with Crippen molar-refractivity contribution in [3.63, 3.8) is 0 Å². The lowest BCUT2D eigenvalue weighted by Crippen LogP contribution is -2.45. The molecule has 0 bridgehead atoms. The van der Waals surface area contributed by atoms with Gasteiger partial charge in [-0.1, -0.05) is 12.8 Å². The molecule has 5 nitrogen and oxygen atoms in total. The molecular weight excluding hydrogens is 316 g/mol. The Balaban J connectivity index is 1.45. The van der Waals surface area contributed by atoms with Gasteiger partial charge < -0.3 is 14.6 Å². The third-order valence-corrected chi connectivity index (χ3v) is 6.21. The minimum atomic E-state index is -0.167. The van der Waals surface area contributed by atoms with Gasteiger partial charge in [0.05, 0.1) is 12.3 Å². The van der Waals surface area contributed by atoms with E-state index in [1.165, 1.54) is 0 Å². The lowest BCUT2D eigenvalue weighted by molar-refractivity contribution is -0.143. The Morgan fingerprint density at radius 2 is 1.76 bits per heavy atom. The summed E-state index contributed by atoms with van der Waals surface area (Å²) in [6, 6.07) is 2.02. The fraction of sp³-hybridized carbons (Fsp3) is 0.700. The normalized spacial score (nSPS) is 29.3. The van der Waals surface area contributed by atoms with Crippen LogP contribution in [0.25, 0.3) is 0 Å². The zero-order valence-corrected chi connectivity index (χ0v) is 14.8. The molecule has 1 aromatic rings. The predicted octanol–water partition coefficient (Wildman–Crippen LogP) is 3.20. The average molecular weight is 344 g/mol. The van der Waals surface area contributed by atoms with Crippen LogP contribution in [0.2, 0.25) is 0 Å². The molecule has 1 aromatic heterocycles. The maximum Gasteiger partial charge on any atom is 0.226 e. The first-order valence-electron chi connectivity index (χ1n) is 9.89. The highest BCUT2D eigenvalue weighted by molar-refractivity contribution is 5.88. The van der Waals surface area contributed by atoms with E-state index < -0.39 is 0 Å². The molecule has 2 aliphatic carbocycles. The van der Waals surface area contributed by atoms with Gasteiger partial charge in [-0.2, -0.15) is 0 Å². The molecule has 4 rings (SSSR count). The SMILES string of the molecule is O=C(N[C@@H]1CCCc2occc21)[C@@H]1CCCC[C@H]1C(=O)N1CCCC1. The van der Waals surface area contributed by atoms with E-state index in [0.717, 1.165) is 82.2 Å². The van der Waals surface area contributed by atoms with E-state index in [-0.39, 0.29) is 29.7 Å². The van der Waals surface area contributed by atoms with E-state index in [0.29, 0.717) is 0 Å². The summed E-state index contributed by atoms with van der Waals surface area (Å²) < 4.78 is 5.53. The van der Waals surface area contributed by atoms with E-state index in [1.54, 1.807) is 6.26 Å². The van der Waals surface area contributed by atoms with Gasteiger partial charge in [-0.25, -0.2) is 0 Å². The number of hydrogen-bond acceptors (Lipinski definition) is 3. The highest BCUT2D eigenvalue weighted by Gasteiger charge is 2.39. The van der Waals surface area contributed by atoms with Gasteiger partial charge >= 0.3 is 0 Å². The summed E-state index contributed by atoms with van der Waals surface area (Å²) in [7, 11) is 0. The summed E-state index contributed by atoms with van der Waals surface area (Å²) in [5.41, 5.74) is 1.12. The molecule has 25 heavy (non-hydrogen) atoms. The molecule has 2 amide bonds. The number of carbonyl (C=O) groups excluding carboxylic acids is 2. The molecule has 1 aliphatic heterocycles. The monoisotopic (exact) mass is 344 g/mol. The average Bonchev–Trinajstić information content (AvgIpc) is 3.33. The molecular formula is C20H28N2O3. The fourth-order valence-electron chi connectivity index (χ4n) is 4.83. The first-order valence-corrected chi connectivity index (χ1v) is 9.89. The van der Waals surface area contributed by atoms with Crippen LogP contribution in [0, 0.1) is 11.8 Å². The second-order valence-electron chi connectivity index (χ2n) is 7.78. The van der Waals surface area contributed by atoms with E-state index in [9.17, 15) is 9.59 Å². The molecule has 0 spiro atoms. The highest BCUT2D eigenvalue weighted by atomic mass is 16.3. The molecule has 1 saturated carbocycles. The molecule has 3 aliphatic rings. The first-order chi connectivity index (χ1) is 12.2. The van der Waals surface area contributed by atoms with Crippen molar-refractivity contribution in [2.75, 3.05) is 13.1 Å². The quantitative estimate of drug-likeness (QED) is 0.916. The van der Waals surface area contributed by atoms with E-state index in [4.69, 9.17) is 4.42 Å². The van der Waals surface area contributed by atoms with Crippen LogP contribution in [0.4, 0.5) is 0 Å². The summed E-state index contributed by atoms with van der Waals surface area (Å²) in [5, 5.41) is 3.24. The van der Waals surface area contributed by atoms with Crippen LogP contribution >= 0.6 is 0 Å². The predicted molar refractivity (Wildman–Crippen MR) is 93.8 cm³/mol. The van der Waals surface area contributed by atoms with Crippen molar-refractivity contribution < 1.29 is 14.0 Å². The number of nitrogens with zero attached hydrogens (tertiary/aromatic N) is 1. The smallest absolute Gasteiger partial charge is 0.226 e. The van der Waals surface area contributed by atoms with Crippen molar-refractivity contribution >= 4 is 11.8 Å². The second kappa shape index (κ2) is 7.22. The number of hydrogen-bond donors (Lipinski definition) is 1. The minimum absolute atomic E-state index is 0.0412. The second-order valence-corrected chi connectivity index (χ2v) is 7.78. The Morgan fingerprint density at radius 1 is 1.00 bits per heavy atom. The lowest BCUT2D eigenvalue weighted by Gasteiger charge is -2.34. The number of carbonyl (C=O) groups is 2. The Kier molecular flexibility index (Phi) is 4.82. The number of rotatable bonds is 3. The number of amides is 2. The molecule has 2 fully saturated rings. The highest BCUT2D eigenvalue weighted by Crippen LogP contribution is 2.35. The van der Waals surface area contributed by atoms with Gasteiger partial charge in [0.1, 0.15) is 5.76 Å². The summed E-state index contributed by atoms with van der Waals surface area (Å²) in [6.07, 6.45) is 10.6. The molecule has 0 radical (unpaired) electrons. The van der Waals surface area contributed by atoms with Crippen molar-refractivity contribution in [3.05, 3.63) is 23.7 Å². The minimum Gasteiger partial charge on any atom is -0.469 e. The van der Waals surface area contributed by atoms with Crippen molar-refractivity contribution in [1.82, 2.24) is 10.2 Å². The molecule has 1 N–H and O–H groups in total. The maximum atomic E-state index is 13.0. The summed E-state index contributed by atoms with van der Waals surface area (Å²) in [6.45, 7) is 1.73. The van der Waals surface area contributed by atoms with Crippen molar-refractivity contribution in [3.8, 4) is 0 Å². The van der Waals surface area contributed by atoms with Gasteiger partial charge in [-0.15, -0.1) is 0 Å². The first kappa shape index (κ1) is 16.7. The Labute approximate surface area is 149 Å². The molecule has 5 heteroatoms. The topological polar surface area (TPSA) is 62.6 Å². The molecule has 136 valence electrons. The van der Waals surface area contributed by atoms with Gasteiger partial charge in [0.15, 0.2) is 0 Å². The van der Waals surface area contributed by atoms with Crippen LogP contribution in [0.5, 0.6) is 0 Å². The molecule has 2 heterocycles. The molecule has 1 saturated heterocycles. The summed E-state index contributed by atoms with van der Waals surface area (Å²) in [5.74, 6) is 0.990. The molecule has 0 aromatic carbocycles. The van der Waals surface area contributed by atoms with Crippen molar-refractivity contribution in [2.45, 2.75) is 63.8 Å². The third-order valence-electron chi connectivity index (χ3n) is 6.21. The standard InChI is InChI=1S/C20H28N2O3/c23-19(21-17-8-5-9-18-16(17)10-13-25-18)14-6-1-2-7-15(14)20(24)22-11-3-4-12-22/h10,13-15,17H,1-9,11-12H2,(H,21,23)/t14-,15-,17-/m1/s1. The van der Waals surface area contributed by atoms with Crippen LogP contribution in [-0.2, 0) is 16.0 Å². The van der Waals surface area contributed by atoms with Gasteiger partial charge in [0.2, 0.25) is 11.8 Å². The van der Waals surface area contributed by atoms with Crippen LogP contribution in [0.3, 0.4) is 0 Å². The zero-order valence-electron chi connectivity index (χ0n) is 14.8. The number of aryl methyl sites for hydroxylation is 1. The third kappa shape index (κ3) is 3.33. The largest absolute Gasteiger partial charge is 0.469 e. The summed E-state index contributed by atoms with van der Waals surface area (Å²) in [4.78, 5) is 27.9. The fourth-order valence-corrected chi connectivity index (χ4v) is 4.83. The van der Waals surface area contributed by atoms with Crippen molar-refractivity contribution in [1.29, 1.82) is 0 Å². The molecule has 0 unspecified atom stereocenters. The Hall–Kier alpha value is -1.78.